The van der Waals surface area contributed by atoms with Gasteiger partial charge in [-0.25, -0.2) is 0 Å². The fourth-order valence-electron chi connectivity index (χ4n) is 2.07. The molecule has 0 radical (unpaired) electrons. The van der Waals surface area contributed by atoms with Crippen molar-refractivity contribution < 1.29 is 14.3 Å². The van der Waals surface area contributed by atoms with E-state index in [1.807, 2.05) is 27.7 Å². The first-order valence-corrected chi connectivity index (χ1v) is 8.27. The first kappa shape index (κ1) is 20.0. The van der Waals surface area contributed by atoms with E-state index in [1.165, 1.54) is 0 Å². The molecule has 0 fully saturated rings. The standard InChI is InChI=1S/C18H29N3O3/c1-6-18(3,4)20-17(23)13-21(7-2)12-16(22)19-14-8-10-15(24-5)11-9-14/h8-11H,6-7,12-13H2,1-5H3,(H,19,22)(H,20,23). The van der Waals surface area contributed by atoms with E-state index in [1.54, 1.807) is 36.3 Å². The predicted octanol–water partition coefficient (Wildman–Crippen LogP) is 2.26. The Kier molecular flexibility index (Phi) is 7.71. The van der Waals surface area contributed by atoms with Crippen LogP contribution in [-0.2, 0) is 9.59 Å². The Hall–Kier alpha value is -2.08. The second-order valence-electron chi connectivity index (χ2n) is 6.37. The highest BCUT2D eigenvalue weighted by Gasteiger charge is 2.20. The number of benzene rings is 1. The van der Waals surface area contributed by atoms with Gasteiger partial charge in [-0.05, 0) is 51.1 Å². The minimum Gasteiger partial charge on any atom is -0.497 e. The third kappa shape index (κ3) is 7.00. The van der Waals surface area contributed by atoms with Crippen molar-refractivity contribution in [3.8, 4) is 5.75 Å². The lowest BCUT2D eigenvalue weighted by molar-refractivity contribution is -0.124. The molecule has 24 heavy (non-hydrogen) atoms. The number of likely N-dealkylation sites (N-methyl/N-ethyl adjacent to an activating group) is 1. The maximum Gasteiger partial charge on any atom is 0.238 e. The van der Waals surface area contributed by atoms with Crippen molar-refractivity contribution in [1.29, 1.82) is 0 Å². The molecule has 0 heterocycles. The third-order valence-electron chi connectivity index (χ3n) is 3.92. The summed E-state index contributed by atoms with van der Waals surface area (Å²) in [5.41, 5.74) is 0.468. The van der Waals surface area contributed by atoms with Crippen molar-refractivity contribution in [3.63, 3.8) is 0 Å². The number of hydrogen-bond donors (Lipinski definition) is 2. The summed E-state index contributed by atoms with van der Waals surface area (Å²) >= 11 is 0. The molecule has 1 aromatic rings. The van der Waals surface area contributed by atoms with Crippen molar-refractivity contribution in [2.24, 2.45) is 0 Å². The van der Waals surface area contributed by atoms with Gasteiger partial charge in [-0.2, -0.15) is 0 Å². The van der Waals surface area contributed by atoms with Crippen LogP contribution in [0.3, 0.4) is 0 Å². The van der Waals surface area contributed by atoms with Gasteiger partial charge in [0.25, 0.3) is 0 Å². The lowest BCUT2D eigenvalue weighted by Crippen LogP contribution is -2.48. The number of anilines is 1. The lowest BCUT2D eigenvalue weighted by Gasteiger charge is -2.27. The van der Waals surface area contributed by atoms with Crippen molar-refractivity contribution in [2.45, 2.75) is 39.7 Å². The van der Waals surface area contributed by atoms with Crippen LogP contribution in [0.2, 0.25) is 0 Å². The zero-order valence-electron chi connectivity index (χ0n) is 15.3. The Bertz CT molecular complexity index is 541. The van der Waals surface area contributed by atoms with E-state index in [9.17, 15) is 9.59 Å². The predicted molar refractivity (Wildman–Crippen MR) is 96.3 cm³/mol. The molecule has 1 rings (SSSR count). The molecule has 6 nitrogen and oxygen atoms in total. The number of carbonyl (C=O) groups excluding carboxylic acids is 2. The van der Waals surface area contributed by atoms with Crippen molar-refractivity contribution >= 4 is 17.5 Å². The number of amides is 2. The molecule has 0 bridgehead atoms. The molecule has 2 N–H and O–H groups in total. The minimum atomic E-state index is -0.234. The maximum atomic E-state index is 12.1. The van der Waals surface area contributed by atoms with Crippen molar-refractivity contribution in [3.05, 3.63) is 24.3 Å². The number of nitrogens with one attached hydrogen (secondary N) is 2. The minimum absolute atomic E-state index is 0.0686. The van der Waals surface area contributed by atoms with Crippen molar-refractivity contribution in [2.75, 3.05) is 32.1 Å². The smallest absolute Gasteiger partial charge is 0.238 e. The van der Waals surface area contributed by atoms with E-state index in [4.69, 9.17) is 4.74 Å². The molecule has 0 unspecified atom stereocenters. The van der Waals surface area contributed by atoms with Crippen LogP contribution >= 0.6 is 0 Å². The number of nitrogens with zero attached hydrogens (tertiary/aromatic N) is 1. The molecular formula is C18H29N3O3. The molecule has 0 spiro atoms. The van der Waals surface area contributed by atoms with Crippen LogP contribution in [0.15, 0.2) is 24.3 Å². The average molecular weight is 335 g/mol. The SMILES string of the molecule is CCN(CC(=O)Nc1ccc(OC)cc1)CC(=O)NC(C)(C)CC. The van der Waals surface area contributed by atoms with Crippen LogP contribution in [0.1, 0.15) is 34.1 Å². The summed E-state index contributed by atoms with van der Waals surface area (Å²) in [5, 5.41) is 5.80. The molecule has 0 aromatic heterocycles. The molecule has 0 aliphatic carbocycles. The highest BCUT2D eigenvalue weighted by molar-refractivity contribution is 5.92. The van der Waals surface area contributed by atoms with Gasteiger partial charge < -0.3 is 15.4 Å². The highest BCUT2D eigenvalue weighted by Crippen LogP contribution is 2.14. The maximum absolute atomic E-state index is 12.1. The highest BCUT2D eigenvalue weighted by atomic mass is 16.5. The molecule has 2 amide bonds. The van der Waals surface area contributed by atoms with Gasteiger partial charge in [-0.1, -0.05) is 13.8 Å². The van der Waals surface area contributed by atoms with Crippen LogP contribution in [0, 0.1) is 0 Å². The fourth-order valence-corrected chi connectivity index (χ4v) is 2.07. The normalized spacial score (nSPS) is 11.2. The molecule has 0 saturated carbocycles. The van der Waals surface area contributed by atoms with E-state index >= 15 is 0 Å². The summed E-state index contributed by atoms with van der Waals surface area (Å²) in [4.78, 5) is 26.0. The molecular weight excluding hydrogens is 306 g/mol. The van der Waals surface area contributed by atoms with E-state index < -0.39 is 0 Å². The average Bonchev–Trinajstić information content (AvgIpc) is 2.54. The van der Waals surface area contributed by atoms with Gasteiger partial charge in [-0.3, -0.25) is 14.5 Å². The second kappa shape index (κ2) is 9.27. The molecule has 0 saturated heterocycles. The second-order valence-corrected chi connectivity index (χ2v) is 6.37. The summed E-state index contributed by atoms with van der Waals surface area (Å²) < 4.78 is 5.08. The summed E-state index contributed by atoms with van der Waals surface area (Å²) in [6.07, 6.45) is 0.850. The summed E-state index contributed by atoms with van der Waals surface area (Å²) in [6, 6.07) is 7.13. The van der Waals surface area contributed by atoms with Gasteiger partial charge in [0.15, 0.2) is 0 Å². The summed E-state index contributed by atoms with van der Waals surface area (Å²) in [6.45, 7) is 8.92. The largest absolute Gasteiger partial charge is 0.497 e. The van der Waals surface area contributed by atoms with E-state index in [0.29, 0.717) is 12.2 Å². The Morgan fingerprint density at radius 2 is 1.67 bits per heavy atom. The third-order valence-corrected chi connectivity index (χ3v) is 3.92. The van der Waals surface area contributed by atoms with Crippen LogP contribution in [0.25, 0.3) is 0 Å². The van der Waals surface area contributed by atoms with E-state index in [2.05, 4.69) is 10.6 Å². The number of rotatable bonds is 9. The number of carbonyl (C=O) groups is 2. The van der Waals surface area contributed by atoms with Crippen LogP contribution in [0.5, 0.6) is 5.75 Å². The van der Waals surface area contributed by atoms with Gasteiger partial charge in [0.1, 0.15) is 5.75 Å². The number of hydrogen-bond acceptors (Lipinski definition) is 4. The molecule has 0 aliphatic rings. The number of methoxy groups -OCH3 is 1. The monoisotopic (exact) mass is 335 g/mol. The topological polar surface area (TPSA) is 70.7 Å². The molecule has 1 aromatic carbocycles. The molecule has 6 heteroatoms. The Morgan fingerprint density at radius 3 is 2.17 bits per heavy atom. The molecule has 0 aliphatic heterocycles. The van der Waals surface area contributed by atoms with Gasteiger partial charge in [0, 0.05) is 11.2 Å². The van der Waals surface area contributed by atoms with E-state index in [0.717, 1.165) is 12.2 Å². The number of ether oxygens (including phenoxy) is 1. The zero-order chi connectivity index (χ0) is 18.2. The Labute approximate surface area is 144 Å². The Balaban J connectivity index is 2.51. The lowest BCUT2D eigenvalue weighted by atomic mass is 10.0. The van der Waals surface area contributed by atoms with Crippen LogP contribution in [0.4, 0.5) is 5.69 Å². The first-order chi connectivity index (χ1) is 11.3. The van der Waals surface area contributed by atoms with E-state index in [-0.39, 0.29) is 30.4 Å². The van der Waals surface area contributed by atoms with Crippen LogP contribution < -0.4 is 15.4 Å². The van der Waals surface area contributed by atoms with Gasteiger partial charge >= 0.3 is 0 Å². The van der Waals surface area contributed by atoms with Gasteiger partial charge in [-0.15, -0.1) is 0 Å². The summed E-state index contributed by atoms with van der Waals surface area (Å²) in [5.74, 6) is 0.518. The molecule has 0 atom stereocenters. The quantitative estimate of drug-likeness (QED) is 0.726. The van der Waals surface area contributed by atoms with Gasteiger partial charge in [0.2, 0.25) is 11.8 Å². The molecule has 134 valence electrons. The fraction of sp³-hybridized carbons (Fsp3) is 0.556. The van der Waals surface area contributed by atoms with Crippen molar-refractivity contribution in [1.82, 2.24) is 10.2 Å². The summed E-state index contributed by atoms with van der Waals surface area (Å²) in [7, 11) is 1.59. The van der Waals surface area contributed by atoms with Crippen LogP contribution in [-0.4, -0.2) is 49.0 Å². The first-order valence-electron chi connectivity index (χ1n) is 8.27. The zero-order valence-corrected chi connectivity index (χ0v) is 15.3. The van der Waals surface area contributed by atoms with Gasteiger partial charge in [0.05, 0.1) is 20.2 Å². The Morgan fingerprint density at radius 1 is 1.08 bits per heavy atom.